The number of amides is 1. The minimum Gasteiger partial charge on any atom is -0.396 e. The molecule has 1 amide bonds. The van der Waals surface area contributed by atoms with Crippen LogP contribution in [0.1, 0.15) is 26.2 Å². The number of carbonyl (C=O) groups excluding carboxylic acids is 1. The Balaban J connectivity index is 2.39. The number of nitrogens with one attached hydrogen (secondary N) is 1. The molecule has 0 radical (unpaired) electrons. The molecule has 0 spiro atoms. The average Bonchev–Trinajstić information content (AvgIpc) is 2.63. The van der Waals surface area contributed by atoms with Gasteiger partial charge in [-0.25, -0.2) is 0 Å². The standard InChI is InChI=1S/C10H18ClNO2/c1-7(5-11)10(14)12-9-4-2-3-8(9)6-13/h7-9,13H,2-6H2,1H3,(H,12,14). The normalized spacial score (nSPS) is 28.8. The van der Waals surface area contributed by atoms with Crippen molar-refractivity contribution in [2.45, 2.75) is 32.2 Å². The maximum Gasteiger partial charge on any atom is 0.224 e. The summed E-state index contributed by atoms with van der Waals surface area (Å²) >= 11 is 5.59. The van der Waals surface area contributed by atoms with Gasteiger partial charge in [0.1, 0.15) is 0 Å². The third kappa shape index (κ3) is 2.85. The molecule has 82 valence electrons. The Hall–Kier alpha value is -0.280. The van der Waals surface area contributed by atoms with Crippen LogP contribution in [0.2, 0.25) is 0 Å². The molecule has 3 unspecified atom stereocenters. The molecule has 0 bridgehead atoms. The Morgan fingerprint density at radius 1 is 1.64 bits per heavy atom. The van der Waals surface area contributed by atoms with Gasteiger partial charge < -0.3 is 10.4 Å². The molecule has 0 saturated heterocycles. The van der Waals surface area contributed by atoms with Crippen molar-refractivity contribution in [2.24, 2.45) is 11.8 Å². The third-order valence-electron chi connectivity index (χ3n) is 2.90. The van der Waals surface area contributed by atoms with Crippen LogP contribution in [0, 0.1) is 11.8 Å². The molecule has 2 N–H and O–H groups in total. The predicted octanol–water partition coefficient (Wildman–Crippen LogP) is 1.14. The van der Waals surface area contributed by atoms with Crippen LogP contribution in [0.5, 0.6) is 0 Å². The minimum atomic E-state index is -0.142. The lowest BCUT2D eigenvalue weighted by atomic mass is 10.0. The summed E-state index contributed by atoms with van der Waals surface area (Å²) in [6, 6.07) is 0.151. The zero-order chi connectivity index (χ0) is 10.6. The fourth-order valence-corrected chi connectivity index (χ4v) is 1.98. The van der Waals surface area contributed by atoms with Crippen LogP contribution >= 0.6 is 11.6 Å². The third-order valence-corrected chi connectivity index (χ3v) is 3.36. The van der Waals surface area contributed by atoms with Gasteiger partial charge in [0.25, 0.3) is 0 Å². The van der Waals surface area contributed by atoms with Gasteiger partial charge in [0, 0.05) is 30.4 Å². The fourth-order valence-electron chi connectivity index (χ4n) is 1.84. The van der Waals surface area contributed by atoms with E-state index in [0.29, 0.717) is 5.88 Å². The topological polar surface area (TPSA) is 49.3 Å². The Morgan fingerprint density at radius 2 is 2.36 bits per heavy atom. The maximum atomic E-state index is 11.5. The zero-order valence-corrected chi connectivity index (χ0v) is 9.26. The summed E-state index contributed by atoms with van der Waals surface area (Å²) in [6.45, 7) is 1.98. The van der Waals surface area contributed by atoms with Crippen molar-refractivity contribution in [2.75, 3.05) is 12.5 Å². The second-order valence-corrected chi connectivity index (χ2v) is 4.35. The highest BCUT2D eigenvalue weighted by Crippen LogP contribution is 2.25. The molecule has 0 heterocycles. The van der Waals surface area contributed by atoms with Crippen molar-refractivity contribution in [3.05, 3.63) is 0 Å². The van der Waals surface area contributed by atoms with Gasteiger partial charge in [0.2, 0.25) is 5.91 Å². The number of alkyl halides is 1. The molecule has 4 heteroatoms. The molecule has 0 aliphatic heterocycles. The SMILES string of the molecule is CC(CCl)C(=O)NC1CCCC1CO. The molecule has 0 aromatic rings. The van der Waals surface area contributed by atoms with Gasteiger partial charge in [-0.05, 0) is 12.8 Å². The molecular weight excluding hydrogens is 202 g/mol. The molecular formula is C10H18ClNO2. The summed E-state index contributed by atoms with van der Waals surface area (Å²) in [7, 11) is 0. The van der Waals surface area contributed by atoms with E-state index >= 15 is 0 Å². The number of carbonyl (C=O) groups is 1. The van der Waals surface area contributed by atoms with Crippen LogP contribution in [0.4, 0.5) is 0 Å². The van der Waals surface area contributed by atoms with E-state index in [9.17, 15) is 4.79 Å². The number of hydrogen-bond acceptors (Lipinski definition) is 2. The molecule has 14 heavy (non-hydrogen) atoms. The van der Waals surface area contributed by atoms with E-state index in [2.05, 4.69) is 5.32 Å². The van der Waals surface area contributed by atoms with Crippen molar-refractivity contribution in [1.82, 2.24) is 5.32 Å². The summed E-state index contributed by atoms with van der Waals surface area (Å²) < 4.78 is 0. The van der Waals surface area contributed by atoms with E-state index in [-0.39, 0.29) is 30.4 Å². The van der Waals surface area contributed by atoms with Crippen molar-refractivity contribution < 1.29 is 9.90 Å². The van der Waals surface area contributed by atoms with Crippen molar-refractivity contribution in [3.63, 3.8) is 0 Å². The monoisotopic (exact) mass is 219 g/mol. The minimum absolute atomic E-state index is 0.00495. The Kier molecular flexibility index (Phi) is 4.69. The van der Waals surface area contributed by atoms with E-state index in [4.69, 9.17) is 16.7 Å². The summed E-state index contributed by atoms with van der Waals surface area (Å²) in [5.41, 5.74) is 0. The Bertz CT molecular complexity index is 199. The van der Waals surface area contributed by atoms with Crippen molar-refractivity contribution >= 4 is 17.5 Å². The summed E-state index contributed by atoms with van der Waals surface area (Å²) in [6.07, 6.45) is 3.08. The van der Waals surface area contributed by atoms with Crippen LogP contribution in [-0.4, -0.2) is 29.5 Å². The van der Waals surface area contributed by atoms with Gasteiger partial charge in [0.15, 0.2) is 0 Å². The van der Waals surface area contributed by atoms with Gasteiger partial charge >= 0.3 is 0 Å². The molecule has 1 aliphatic rings. The average molecular weight is 220 g/mol. The van der Waals surface area contributed by atoms with E-state index in [0.717, 1.165) is 19.3 Å². The molecule has 1 aliphatic carbocycles. The second kappa shape index (κ2) is 5.56. The quantitative estimate of drug-likeness (QED) is 0.697. The van der Waals surface area contributed by atoms with Gasteiger partial charge in [-0.3, -0.25) is 4.79 Å². The molecule has 0 aromatic carbocycles. The van der Waals surface area contributed by atoms with Crippen molar-refractivity contribution in [1.29, 1.82) is 0 Å². The molecule has 3 atom stereocenters. The highest BCUT2D eigenvalue weighted by molar-refractivity contribution is 6.19. The second-order valence-electron chi connectivity index (χ2n) is 4.04. The predicted molar refractivity (Wildman–Crippen MR) is 56.2 cm³/mol. The van der Waals surface area contributed by atoms with Gasteiger partial charge in [-0.15, -0.1) is 11.6 Å². The first-order chi connectivity index (χ1) is 6.69. The highest BCUT2D eigenvalue weighted by atomic mass is 35.5. The van der Waals surface area contributed by atoms with Gasteiger partial charge in [-0.1, -0.05) is 13.3 Å². The first kappa shape index (κ1) is 11.8. The largest absolute Gasteiger partial charge is 0.396 e. The van der Waals surface area contributed by atoms with Gasteiger partial charge in [-0.2, -0.15) is 0 Å². The van der Waals surface area contributed by atoms with E-state index < -0.39 is 0 Å². The number of aliphatic hydroxyl groups is 1. The maximum absolute atomic E-state index is 11.5. The number of halogens is 1. The molecule has 1 rings (SSSR count). The van der Waals surface area contributed by atoms with Crippen LogP contribution in [-0.2, 0) is 4.79 Å². The van der Waals surface area contributed by atoms with Crippen LogP contribution in [0.15, 0.2) is 0 Å². The van der Waals surface area contributed by atoms with E-state index in [1.165, 1.54) is 0 Å². The molecule has 1 fully saturated rings. The number of rotatable bonds is 4. The smallest absolute Gasteiger partial charge is 0.224 e. The van der Waals surface area contributed by atoms with E-state index in [1.807, 2.05) is 6.92 Å². The first-order valence-electron chi connectivity index (χ1n) is 5.16. The van der Waals surface area contributed by atoms with Crippen molar-refractivity contribution in [3.8, 4) is 0 Å². The van der Waals surface area contributed by atoms with E-state index in [1.54, 1.807) is 0 Å². The Morgan fingerprint density at radius 3 is 2.93 bits per heavy atom. The summed E-state index contributed by atoms with van der Waals surface area (Å²) in [4.78, 5) is 11.5. The summed E-state index contributed by atoms with van der Waals surface area (Å²) in [5, 5.41) is 12.0. The molecule has 1 saturated carbocycles. The van der Waals surface area contributed by atoms with Crippen LogP contribution in [0.3, 0.4) is 0 Å². The lowest BCUT2D eigenvalue weighted by Gasteiger charge is -2.20. The van der Waals surface area contributed by atoms with Gasteiger partial charge in [0.05, 0.1) is 0 Å². The number of hydrogen-bond donors (Lipinski definition) is 2. The lowest BCUT2D eigenvalue weighted by molar-refractivity contribution is -0.124. The lowest BCUT2D eigenvalue weighted by Crippen LogP contribution is -2.41. The molecule has 0 aromatic heterocycles. The van der Waals surface area contributed by atoms with Crippen LogP contribution in [0.25, 0.3) is 0 Å². The first-order valence-corrected chi connectivity index (χ1v) is 5.69. The fraction of sp³-hybridized carbons (Fsp3) is 0.900. The summed E-state index contributed by atoms with van der Waals surface area (Å²) in [5.74, 6) is 0.450. The molecule has 3 nitrogen and oxygen atoms in total. The number of aliphatic hydroxyl groups excluding tert-OH is 1. The van der Waals surface area contributed by atoms with Crippen LogP contribution < -0.4 is 5.32 Å². The Labute approximate surface area is 89.8 Å². The zero-order valence-electron chi connectivity index (χ0n) is 8.50. The highest BCUT2D eigenvalue weighted by Gasteiger charge is 2.28.